The third-order valence-electron chi connectivity index (χ3n) is 4.60. The zero-order chi connectivity index (χ0) is 22.0. The van der Waals surface area contributed by atoms with Crippen LogP contribution in [0.5, 0.6) is 0 Å². The number of nitrogens with zero attached hydrogens (tertiary/aromatic N) is 1. The Morgan fingerprint density at radius 2 is 1.52 bits per heavy atom. The number of halogens is 1. The lowest BCUT2D eigenvalue weighted by atomic mass is 10.1. The highest BCUT2D eigenvalue weighted by atomic mass is 35.5. The van der Waals surface area contributed by atoms with E-state index in [-0.39, 0.29) is 5.56 Å². The summed E-state index contributed by atoms with van der Waals surface area (Å²) in [6, 6.07) is 18.9. The number of amides is 3. The third-order valence-corrected chi connectivity index (χ3v) is 4.83. The molecule has 0 aliphatic carbocycles. The summed E-state index contributed by atoms with van der Waals surface area (Å²) in [7, 11) is 0. The first kappa shape index (κ1) is 20.3. The predicted octanol–water partition coefficient (Wildman–Crippen LogP) is 3.94. The van der Waals surface area contributed by atoms with Crippen LogP contribution >= 0.6 is 11.6 Å². The number of benzene rings is 3. The summed E-state index contributed by atoms with van der Waals surface area (Å²) in [4.78, 5) is 50.3. The highest BCUT2D eigenvalue weighted by molar-refractivity contribution is 6.34. The second-order valence-electron chi connectivity index (χ2n) is 6.67. The van der Waals surface area contributed by atoms with Crippen molar-refractivity contribution >= 4 is 46.7 Å². The van der Waals surface area contributed by atoms with Gasteiger partial charge in [-0.1, -0.05) is 29.8 Å². The number of rotatable bonds is 5. The summed E-state index contributed by atoms with van der Waals surface area (Å²) >= 11 is 5.86. The van der Waals surface area contributed by atoms with Crippen molar-refractivity contribution < 1.29 is 23.9 Å². The van der Waals surface area contributed by atoms with E-state index in [1.807, 2.05) is 0 Å². The van der Waals surface area contributed by atoms with Crippen LogP contribution in [0.15, 0.2) is 72.8 Å². The van der Waals surface area contributed by atoms with Crippen LogP contribution in [0, 0.1) is 0 Å². The summed E-state index contributed by atoms with van der Waals surface area (Å²) in [6.45, 7) is -0.481. The molecule has 0 fully saturated rings. The van der Waals surface area contributed by atoms with E-state index in [0.717, 1.165) is 4.90 Å². The van der Waals surface area contributed by atoms with Gasteiger partial charge in [-0.3, -0.25) is 14.4 Å². The van der Waals surface area contributed by atoms with Crippen LogP contribution in [-0.4, -0.2) is 30.3 Å². The first-order chi connectivity index (χ1) is 14.9. The maximum absolute atomic E-state index is 12.5. The molecule has 0 saturated carbocycles. The van der Waals surface area contributed by atoms with Crippen LogP contribution in [-0.2, 0) is 9.53 Å². The van der Waals surface area contributed by atoms with Gasteiger partial charge in [-0.2, -0.15) is 0 Å². The predicted molar refractivity (Wildman–Crippen MR) is 114 cm³/mol. The molecule has 3 amide bonds. The van der Waals surface area contributed by atoms with E-state index in [9.17, 15) is 19.2 Å². The van der Waals surface area contributed by atoms with Crippen LogP contribution in [0.1, 0.15) is 31.1 Å². The van der Waals surface area contributed by atoms with Gasteiger partial charge >= 0.3 is 5.97 Å². The SMILES string of the molecule is O=C(COC(=O)c1ccc(N2C(=O)c3ccccc3C2=O)cc1)Nc1cccc(Cl)c1. The van der Waals surface area contributed by atoms with E-state index < -0.39 is 30.3 Å². The van der Waals surface area contributed by atoms with Gasteiger partial charge in [0.2, 0.25) is 0 Å². The molecule has 0 unspecified atom stereocenters. The molecule has 154 valence electrons. The zero-order valence-corrected chi connectivity index (χ0v) is 16.8. The van der Waals surface area contributed by atoms with Crippen LogP contribution in [0.3, 0.4) is 0 Å². The number of carbonyl (C=O) groups excluding carboxylic acids is 4. The van der Waals surface area contributed by atoms with Crippen LogP contribution in [0.25, 0.3) is 0 Å². The molecule has 1 aliphatic heterocycles. The molecule has 0 saturated heterocycles. The van der Waals surface area contributed by atoms with E-state index in [4.69, 9.17) is 16.3 Å². The molecule has 0 aromatic heterocycles. The molecule has 31 heavy (non-hydrogen) atoms. The summed E-state index contributed by atoms with van der Waals surface area (Å²) in [5, 5.41) is 3.04. The number of fused-ring (bicyclic) bond motifs is 1. The largest absolute Gasteiger partial charge is 0.452 e. The number of imide groups is 1. The lowest BCUT2D eigenvalue weighted by Gasteiger charge is -2.14. The number of ether oxygens (including phenoxy) is 1. The molecule has 0 atom stereocenters. The van der Waals surface area contributed by atoms with E-state index in [1.54, 1.807) is 48.5 Å². The maximum atomic E-state index is 12.5. The lowest BCUT2D eigenvalue weighted by molar-refractivity contribution is -0.119. The van der Waals surface area contributed by atoms with Crippen molar-refractivity contribution in [1.29, 1.82) is 0 Å². The summed E-state index contributed by atoms with van der Waals surface area (Å²) < 4.78 is 5.02. The molecule has 8 heteroatoms. The minimum absolute atomic E-state index is 0.177. The minimum atomic E-state index is -0.713. The number of hydrogen-bond acceptors (Lipinski definition) is 5. The smallest absolute Gasteiger partial charge is 0.338 e. The summed E-state index contributed by atoms with van der Waals surface area (Å²) in [6.07, 6.45) is 0. The summed E-state index contributed by atoms with van der Waals surface area (Å²) in [5.41, 5.74) is 1.67. The first-order valence-electron chi connectivity index (χ1n) is 9.24. The van der Waals surface area contributed by atoms with Gasteiger partial charge in [-0.15, -0.1) is 0 Å². The molecule has 0 bridgehead atoms. The van der Waals surface area contributed by atoms with Gasteiger partial charge in [-0.05, 0) is 54.6 Å². The van der Waals surface area contributed by atoms with Crippen molar-refractivity contribution in [3.63, 3.8) is 0 Å². The maximum Gasteiger partial charge on any atom is 0.338 e. The van der Waals surface area contributed by atoms with Crippen molar-refractivity contribution in [2.45, 2.75) is 0 Å². The molecule has 0 spiro atoms. The monoisotopic (exact) mass is 434 g/mol. The molecule has 7 nitrogen and oxygen atoms in total. The Bertz CT molecular complexity index is 1170. The second kappa shape index (κ2) is 8.41. The third kappa shape index (κ3) is 4.17. The Hall–Kier alpha value is -3.97. The molecule has 4 rings (SSSR count). The molecule has 3 aromatic rings. The number of hydrogen-bond donors (Lipinski definition) is 1. The molecule has 1 N–H and O–H groups in total. The normalized spacial score (nSPS) is 12.5. The van der Waals surface area contributed by atoms with E-state index in [2.05, 4.69) is 5.32 Å². The van der Waals surface area contributed by atoms with Gasteiger partial charge in [0, 0.05) is 10.7 Å². The molecule has 1 aliphatic rings. The fraction of sp³-hybridized carbons (Fsp3) is 0.0435. The Kier molecular flexibility index (Phi) is 5.51. The minimum Gasteiger partial charge on any atom is -0.452 e. The van der Waals surface area contributed by atoms with Gasteiger partial charge in [0.15, 0.2) is 6.61 Å². The highest BCUT2D eigenvalue weighted by Gasteiger charge is 2.36. The number of anilines is 2. The van der Waals surface area contributed by atoms with E-state index in [0.29, 0.717) is 27.5 Å². The van der Waals surface area contributed by atoms with Crippen molar-refractivity contribution in [3.8, 4) is 0 Å². The molecular formula is C23H15ClN2O5. The van der Waals surface area contributed by atoms with E-state index >= 15 is 0 Å². The number of nitrogens with one attached hydrogen (secondary N) is 1. The summed E-state index contributed by atoms with van der Waals surface area (Å²) in [5.74, 6) is -2.07. The van der Waals surface area contributed by atoms with Crippen LogP contribution in [0.2, 0.25) is 5.02 Å². The van der Waals surface area contributed by atoms with E-state index in [1.165, 1.54) is 24.3 Å². The molecule has 0 radical (unpaired) electrons. The zero-order valence-electron chi connectivity index (χ0n) is 16.0. The Labute approximate surface area is 182 Å². The van der Waals surface area contributed by atoms with Gasteiger partial charge < -0.3 is 10.1 Å². The van der Waals surface area contributed by atoms with Crippen molar-refractivity contribution in [1.82, 2.24) is 0 Å². The van der Waals surface area contributed by atoms with Crippen molar-refractivity contribution in [2.24, 2.45) is 0 Å². The highest BCUT2D eigenvalue weighted by Crippen LogP contribution is 2.28. The number of carbonyl (C=O) groups is 4. The standard InChI is InChI=1S/C23H15ClN2O5/c24-15-4-3-5-16(12-15)25-20(27)13-31-23(30)14-8-10-17(11-9-14)26-21(28)18-6-1-2-7-19(18)22(26)29/h1-12H,13H2,(H,25,27). The second-order valence-corrected chi connectivity index (χ2v) is 7.11. The fourth-order valence-electron chi connectivity index (χ4n) is 3.15. The molecule has 3 aromatic carbocycles. The van der Waals surface area contributed by atoms with Crippen LogP contribution in [0.4, 0.5) is 11.4 Å². The average molecular weight is 435 g/mol. The van der Waals surface area contributed by atoms with Crippen molar-refractivity contribution in [2.75, 3.05) is 16.8 Å². The van der Waals surface area contributed by atoms with Gasteiger partial charge in [0.1, 0.15) is 0 Å². The quantitative estimate of drug-likeness (QED) is 0.485. The molecule has 1 heterocycles. The van der Waals surface area contributed by atoms with Crippen LogP contribution < -0.4 is 10.2 Å². The Morgan fingerprint density at radius 1 is 0.871 bits per heavy atom. The van der Waals surface area contributed by atoms with Gasteiger partial charge in [0.25, 0.3) is 17.7 Å². The van der Waals surface area contributed by atoms with Gasteiger partial charge in [-0.25, -0.2) is 9.69 Å². The Balaban J connectivity index is 1.38. The topological polar surface area (TPSA) is 92.8 Å². The van der Waals surface area contributed by atoms with Crippen molar-refractivity contribution in [3.05, 3.63) is 94.5 Å². The number of esters is 1. The lowest BCUT2D eigenvalue weighted by Crippen LogP contribution is -2.29. The first-order valence-corrected chi connectivity index (χ1v) is 9.62. The molecular weight excluding hydrogens is 420 g/mol. The Morgan fingerprint density at radius 3 is 2.13 bits per heavy atom. The fourth-order valence-corrected chi connectivity index (χ4v) is 3.34. The van der Waals surface area contributed by atoms with Gasteiger partial charge in [0.05, 0.1) is 22.4 Å². The average Bonchev–Trinajstić information content (AvgIpc) is 3.02.